The van der Waals surface area contributed by atoms with E-state index in [4.69, 9.17) is 11.6 Å². The number of nitrogens with zero attached hydrogens (tertiary/aromatic N) is 1. The molecule has 0 atom stereocenters. The number of nitrogens with two attached hydrogens (primary N) is 2. The third kappa shape index (κ3) is 2.71. The van der Waals surface area contributed by atoms with Crippen LogP contribution in [-0.4, -0.2) is 5.96 Å². The molecule has 5 heteroatoms. The monoisotopic (exact) mass is 242 g/mol. The van der Waals surface area contributed by atoms with Crippen molar-refractivity contribution in [1.82, 2.24) is 5.43 Å². The molecule has 1 aromatic rings. The third-order valence-electron chi connectivity index (χ3n) is 1.54. The normalized spacial score (nSPS) is 11.5. The van der Waals surface area contributed by atoms with E-state index in [9.17, 15) is 0 Å². The molecule has 0 aromatic heterocycles. The molecule has 4 nitrogen and oxygen atoms in total. The van der Waals surface area contributed by atoms with Gasteiger partial charge in [-0.3, -0.25) is 5.43 Å². The number of hydrogen-bond donors (Lipinski definition) is 3. The number of rotatable bonds is 1. The zero-order chi connectivity index (χ0) is 9.84. The van der Waals surface area contributed by atoms with Gasteiger partial charge in [-0.25, -0.2) is 10.8 Å². The average Bonchev–Trinajstić information content (AvgIpc) is 2.11. The molecule has 0 amide bonds. The second kappa shape index (κ2) is 4.25. The number of benzene rings is 1. The number of guanidine groups is 1. The average molecular weight is 243 g/mol. The predicted molar refractivity (Wildman–Crippen MR) is 57.5 cm³/mol. The standard InChI is InChI=1S/C8H11BrN4/c1-5-4-6(2-3-7(5)9)12-8(10)13-11/h2-4H,11H2,1H3,(H3,10,12,13). The number of nitrogens with one attached hydrogen (secondary N) is 1. The summed E-state index contributed by atoms with van der Waals surface area (Å²) in [5.74, 6) is 5.27. The van der Waals surface area contributed by atoms with E-state index < -0.39 is 0 Å². The van der Waals surface area contributed by atoms with E-state index in [0.29, 0.717) is 0 Å². The molecule has 0 bridgehead atoms. The molecule has 0 radical (unpaired) electrons. The molecule has 0 aliphatic carbocycles. The SMILES string of the molecule is Cc1cc(N=C(N)NN)ccc1Br. The van der Waals surface area contributed by atoms with Gasteiger partial charge in [0.1, 0.15) is 0 Å². The first kappa shape index (κ1) is 10.0. The van der Waals surface area contributed by atoms with Crippen LogP contribution in [0, 0.1) is 6.92 Å². The highest BCUT2D eigenvalue weighted by Crippen LogP contribution is 2.21. The molecule has 0 fully saturated rings. The Balaban J connectivity index is 2.98. The minimum atomic E-state index is 0.196. The van der Waals surface area contributed by atoms with Gasteiger partial charge in [0.2, 0.25) is 5.96 Å². The Labute approximate surface area is 85.1 Å². The van der Waals surface area contributed by atoms with E-state index in [0.717, 1.165) is 15.7 Å². The van der Waals surface area contributed by atoms with Crippen LogP contribution in [0.15, 0.2) is 27.7 Å². The van der Waals surface area contributed by atoms with Crippen molar-refractivity contribution in [3.05, 3.63) is 28.2 Å². The fourth-order valence-electron chi connectivity index (χ4n) is 0.870. The van der Waals surface area contributed by atoms with Crippen LogP contribution >= 0.6 is 15.9 Å². The molecule has 1 rings (SSSR count). The zero-order valence-corrected chi connectivity index (χ0v) is 8.80. The fraction of sp³-hybridized carbons (Fsp3) is 0.125. The van der Waals surface area contributed by atoms with Gasteiger partial charge in [0, 0.05) is 4.47 Å². The second-order valence-electron chi connectivity index (χ2n) is 2.57. The smallest absolute Gasteiger partial charge is 0.208 e. The lowest BCUT2D eigenvalue weighted by Crippen LogP contribution is -2.36. The summed E-state index contributed by atoms with van der Waals surface area (Å²) < 4.78 is 1.05. The second-order valence-corrected chi connectivity index (χ2v) is 3.43. The van der Waals surface area contributed by atoms with E-state index >= 15 is 0 Å². The van der Waals surface area contributed by atoms with Crippen molar-refractivity contribution in [3.8, 4) is 0 Å². The molecule has 0 aliphatic rings. The van der Waals surface area contributed by atoms with Crippen molar-refractivity contribution < 1.29 is 0 Å². The Morgan fingerprint density at radius 1 is 1.54 bits per heavy atom. The fourth-order valence-corrected chi connectivity index (χ4v) is 1.12. The number of hydrazine groups is 1. The number of halogens is 1. The van der Waals surface area contributed by atoms with Crippen LogP contribution in [0.25, 0.3) is 0 Å². The van der Waals surface area contributed by atoms with Gasteiger partial charge in [0.05, 0.1) is 5.69 Å². The zero-order valence-electron chi connectivity index (χ0n) is 7.21. The minimum Gasteiger partial charge on any atom is -0.369 e. The predicted octanol–water partition coefficient (Wildman–Crippen LogP) is 1.17. The maximum atomic E-state index is 5.40. The minimum absolute atomic E-state index is 0.196. The van der Waals surface area contributed by atoms with Crippen LogP contribution in [0.1, 0.15) is 5.56 Å². The highest BCUT2D eigenvalue weighted by Gasteiger charge is 1.96. The molecule has 0 aliphatic heterocycles. The molecule has 0 heterocycles. The van der Waals surface area contributed by atoms with Crippen molar-refractivity contribution in [2.45, 2.75) is 6.92 Å². The van der Waals surface area contributed by atoms with Gasteiger partial charge in [-0.15, -0.1) is 0 Å². The Morgan fingerprint density at radius 3 is 2.77 bits per heavy atom. The Morgan fingerprint density at radius 2 is 2.23 bits per heavy atom. The van der Waals surface area contributed by atoms with Crippen LogP contribution in [0.5, 0.6) is 0 Å². The number of aryl methyl sites for hydroxylation is 1. The third-order valence-corrected chi connectivity index (χ3v) is 2.43. The number of aliphatic imine (C=N–C) groups is 1. The van der Waals surface area contributed by atoms with E-state index in [1.165, 1.54) is 0 Å². The van der Waals surface area contributed by atoms with Crippen molar-refractivity contribution in [2.75, 3.05) is 0 Å². The maximum Gasteiger partial charge on any atom is 0.208 e. The lowest BCUT2D eigenvalue weighted by molar-refractivity contribution is 1.01. The Kier molecular flexibility index (Phi) is 3.27. The molecule has 5 N–H and O–H groups in total. The van der Waals surface area contributed by atoms with Gasteiger partial charge in [-0.2, -0.15) is 0 Å². The molecule has 70 valence electrons. The molecule has 1 aromatic carbocycles. The van der Waals surface area contributed by atoms with Gasteiger partial charge in [-0.05, 0) is 30.7 Å². The molecule has 0 spiro atoms. The van der Waals surface area contributed by atoms with Crippen molar-refractivity contribution >= 4 is 27.6 Å². The van der Waals surface area contributed by atoms with Gasteiger partial charge in [0.15, 0.2) is 0 Å². The lowest BCUT2D eigenvalue weighted by atomic mass is 10.2. The van der Waals surface area contributed by atoms with Gasteiger partial charge in [0.25, 0.3) is 0 Å². The van der Waals surface area contributed by atoms with E-state index in [1.807, 2.05) is 25.1 Å². The summed E-state index contributed by atoms with van der Waals surface area (Å²) in [5, 5.41) is 0. The first-order chi connectivity index (χ1) is 6.13. The summed E-state index contributed by atoms with van der Waals surface area (Å²) in [6, 6.07) is 5.67. The van der Waals surface area contributed by atoms with Crippen molar-refractivity contribution in [2.24, 2.45) is 16.6 Å². The Hall–Kier alpha value is -1.07. The molecular formula is C8H11BrN4. The molecule has 13 heavy (non-hydrogen) atoms. The Bertz CT molecular complexity index is 335. The lowest BCUT2D eigenvalue weighted by Gasteiger charge is -2.01. The van der Waals surface area contributed by atoms with E-state index in [-0.39, 0.29) is 5.96 Å². The highest BCUT2D eigenvalue weighted by atomic mass is 79.9. The maximum absolute atomic E-state index is 5.40. The van der Waals surface area contributed by atoms with Gasteiger partial charge >= 0.3 is 0 Å². The molecule has 0 saturated carbocycles. The first-order valence-electron chi connectivity index (χ1n) is 3.70. The van der Waals surface area contributed by atoms with Crippen LogP contribution in [0.4, 0.5) is 5.69 Å². The summed E-state index contributed by atoms with van der Waals surface area (Å²) in [6.07, 6.45) is 0. The van der Waals surface area contributed by atoms with Crippen LogP contribution < -0.4 is 17.0 Å². The van der Waals surface area contributed by atoms with Crippen LogP contribution in [0.3, 0.4) is 0 Å². The number of hydrogen-bond acceptors (Lipinski definition) is 2. The highest BCUT2D eigenvalue weighted by molar-refractivity contribution is 9.10. The molecule has 0 saturated heterocycles. The molecular weight excluding hydrogens is 232 g/mol. The first-order valence-corrected chi connectivity index (χ1v) is 4.49. The summed E-state index contributed by atoms with van der Waals surface area (Å²) in [6.45, 7) is 1.98. The quantitative estimate of drug-likeness (QED) is 0.300. The van der Waals surface area contributed by atoms with E-state index in [1.54, 1.807) is 0 Å². The summed E-state index contributed by atoms with van der Waals surface area (Å²) in [7, 11) is 0. The summed E-state index contributed by atoms with van der Waals surface area (Å²) in [4.78, 5) is 4.02. The van der Waals surface area contributed by atoms with Crippen LogP contribution in [0.2, 0.25) is 0 Å². The molecule has 0 unspecified atom stereocenters. The van der Waals surface area contributed by atoms with Gasteiger partial charge < -0.3 is 5.73 Å². The topological polar surface area (TPSA) is 76.4 Å². The largest absolute Gasteiger partial charge is 0.369 e. The van der Waals surface area contributed by atoms with E-state index in [2.05, 4.69) is 26.3 Å². The summed E-state index contributed by atoms with van der Waals surface area (Å²) >= 11 is 3.39. The van der Waals surface area contributed by atoms with Crippen molar-refractivity contribution in [3.63, 3.8) is 0 Å². The van der Waals surface area contributed by atoms with Gasteiger partial charge in [-0.1, -0.05) is 15.9 Å². The van der Waals surface area contributed by atoms with Crippen molar-refractivity contribution in [1.29, 1.82) is 0 Å². The van der Waals surface area contributed by atoms with Crippen LogP contribution in [-0.2, 0) is 0 Å². The summed E-state index contributed by atoms with van der Waals surface area (Å²) in [5.41, 5.74) is 9.54.